The Labute approximate surface area is 216 Å². The number of sulfonamides is 1. The minimum Gasteiger partial charge on any atom is -0.352 e. The molecule has 1 N–H and O–H groups in total. The molecule has 0 fully saturated rings. The van der Waals surface area contributed by atoms with Crippen molar-refractivity contribution < 1.29 is 26.8 Å². The van der Waals surface area contributed by atoms with Crippen LogP contribution < -0.4 is 9.62 Å². The van der Waals surface area contributed by atoms with E-state index in [-0.39, 0.29) is 49.5 Å². The standard InChI is InChI=1S/C25H32ClF2N3O4S/c1-5-23(25(33)29-17(2)3)30(16-18-9-6-7-10-20(18)26)24(32)11-8-14-31(36(4,34)35)19-12-13-21(27)22(28)15-19/h6-7,9-10,12-13,15,17,23H,5,8,11,14,16H2,1-4H3,(H,29,33)/t23-/m0/s1. The zero-order chi connectivity index (χ0) is 27.0. The van der Waals surface area contributed by atoms with Crippen molar-refractivity contribution in [2.75, 3.05) is 17.1 Å². The normalized spacial score (nSPS) is 12.3. The molecule has 2 aromatic carbocycles. The van der Waals surface area contributed by atoms with Crippen LogP contribution in [-0.4, -0.2) is 50.0 Å². The van der Waals surface area contributed by atoms with E-state index in [0.29, 0.717) is 17.0 Å². The summed E-state index contributed by atoms with van der Waals surface area (Å²) in [5, 5.41) is 3.29. The van der Waals surface area contributed by atoms with E-state index in [1.165, 1.54) is 4.90 Å². The molecule has 11 heteroatoms. The number of anilines is 1. The van der Waals surface area contributed by atoms with E-state index in [0.717, 1.165) is 28.8 Å². The average Bonchev–Trinajstić information content (AvgIpc) is 2.78. The molecule has 0 bridgehead atoms. The van der Waals surface area contributed by atoms with Crippen molar-refractivity contribution in [2.24, 2.45) is 0 Å². The Kier molecular flexibility index (Phi) is 10.7. The van der Waals surface area contributed by atoms with Crippen molar-refractivity contribution in [1.82, 2.24) is 10.2 Å². The van der Waals surface area contributed by atoms with Gasteiger partial charge in [-0.2, -0.15) is 0 Å². The van der Waals surface area contributed by atoms with E-state index in [9.17, 15) is 26.8 Å². The first-order valence-electron chi connectivity index (χ1n) is 11.6. The molecule has 0 heterocycles. The van der Waals surface area contributed by atoms with Gasteiger partial charge < -0.3 is 10.2 Å². The Hall–Kier alpha value is -2.72. The Morgan fingerprint density at radius 1 is 1.08 bits per heavy atom. The van der Waals surface area contributed by atoms with Gasteiger partial charge in [-0.3, -0.25) is 13.9 Å². The first-order valence-corrected chi connectivity index (χ1v) is 13.8. The molecule has 0 saturated heterocycles. The van der Waals surface area contributed by atoms with Crippen LogP contribution in [0.2, 0.25) is 5.02 Å². The molecule has 0 saturated carbocycles. The second-order valence-electron chi connectivity index (χ2n) is 8.74. The second kappa shape index (κ2) is 13.0. The summed E-state index contributed by atoms with van der Waals surface area (Å²) >= 11 is 6.30. The van der Waals surface area contributed by atoms with Gasteiger partial charge in [-0.1, -0.05) is 36.7 Å². The number of nitrogens with zero attached hydrogens (tertiary/aromatic N) is 2. The van der Waals surface area contributed by atoms with Crippen LogP contribution in [0.15, 0.2) is 42.5 Å². The minimum atomic E-state index is -3.83. The number of nitrogens with one attached hydrogen (secondary N) is 1. The monoisotopic (exact) mass is 543 g/mol. The average molecular weight is 544 g/mol. The topological polar surface area (TPSA) is 86.8 Å². The lowest BCUT2D eigenvalue weighted by atomic mass is 10.1. The lowest BCUT2D eigenvalue weighted by molar-refractivity contribution is -0.141. The van der Waals surface area contributed by atoms with Gasteiger partial charge in [0.1, 0.15) is 6.04 Å². The number of benzene rings is 2. The number of carbonyl (C=O) groups excluding carboxylic acids is 2. The lowest BCUT2D eigenvalue weighted by Crippen LogP contribution is -2.50. The SMILES string of the molecule is CC[C@@H](C(=O)NC(C)C)N(Cc1ccccc1Cl)C(=O)CCCN(c1ccc(F)c(F)c1)S(C)(=O)=O. The zero-order valence-electron chi connectivity index (χ0n) is 20.8. The molecule has 2 aromatic rings. The van der Waals surface area contributed by atoms with Gasteiger partial charge in [0.15, 0.2) is 11.6 Å². The molecule has 0 aliphatic heterocycles. The van der Waals surface area contributed by atoms with Crippen molar-refractivity contribution in [1.29, 1.82) is 0 Å². The zero-order valence-corrected chi connectivity index (χ0v) is 22.4. The maximum Gasteiger partial charge on any atom is 0.243 e. The Bertz CT molecular complexity index is 1180. The Morgan fingerprint density at radius 2 is 1.75 bits per heavy atom. The highest BCUT2D eigenvalue weighted by Gasteiger charge is 2.29. The van der Waals surface area contributed by atoms with Gasteiger partial charge in [0.2, 0.25) is 21.8 Å². The van der Waals surface area contributed by atoms with Gasteiger partial charge in [-0.05, 0) is 50.5 Å². The molecule has 0 aromatic heterocycles. The highest BCUT2D eigenvalue weighted by atomic mass is 35.5. The highest BCUT2D eigenvalue weighted by Crippen LogP contribution is 2.23. The van der Waals surface area contributed by atoms with Gasteiger partial charge in [-0.25, -0.2) is 17.2 Å². The summed E-state index contributed by atoms with van der Waals surface area (Å²) in [4.78, 5) is 27.7. The van der Waals surface area contributed by atoms with Crippen molar-refractivity contribution in [3.8, 4) is 0 Å². The number of carbonyl (C=O) groups is 2. The number of amides is 2. The lowest BCUT2D eigenvalue weighted by Gasteiger charge is -2.32. The van der Waals surface area contributed by atoms with Crippen LogP contribution in [0.5, 0.6) is 0 Å². The third-order valence-corrected chi connectivity index (χ3v) is 7.02. The van der Waals surface area contributed by atoms with Crippen LogP contribution >= 0.6 is 11.6 Å². The fraction of sp³-hybridized carbons (Fsp3) is 0.440. The molecule has 198 valence electrons. The van der Waals surface area contributed by atoms with Crippen LogP contribution in [0.1, 0.15) is 45.6 Å². The summed E-state index contributed by atoms with van der Waals surface area (Å²) in [6, 6.07) is 8.93. The van der Waals surface area contributed by atoms with Crippen molar-refractivity contribution in [3.05, 3.63) is 64.7 Å². The molecule has 0 radical (unpaired) electrons. The summed E-state index contributed by atoms with van der Waals surface area (Å²) in [5.41, 5.74) is 0.627. The smallest absolute Gasteiger partial charge is 0.243 e. The minimum absolute atomic E-state index is 0.0421. The van der Waals surface area contributed by atoms with Crippen molar-refractivity contribution in [2.45, 2.75) is 58.7 Å². The fourth-order valence-electron chi connectivity index (χ4n) is 3.75. The molecule has 36 heavy (non-hydrogen) atoms. The number of rotatable bonds is 12. The largest absolute Gasteiger partial charge is 0.352 e. The van der Waals surface area contributed by atoms with Gasteiger partial charge in [-0.15, -0.1) is 0 Å². The molecule has 0 spiro atoms. The summed E-state index contributed by atoms with van der Waals surface area (Å²) in [6.07, 6.45) is 1.32. The number of hydrogen-bond donors (Lipinski definition) is 1. The van der Waals surface area contributed by atoms with Crippen LogP contribution in [0, 0.1) is 11.6 Å². The van der Waals surface area contributed by atoms with Crippen molar-refractivity contribution in [3.63, 3.8) is 0 Å². The van der Waals surface area contributed by atoms with E-state index in [4.69, 9.17) is 11.6 Å². The van der Waals surface area contributed by atoms with E-state index in [1.807, 2.05) is 13.8 Å². The maximum atomic E-state index is 13.7. The summed E-state index contributed by atoms with van der Waals surface area (Å²) in [6.45, 7) is 5.41. The predicted molar refractivity (Wildman–Crippen MR) is 137 cm³/mol. The summed E-state index contributed by atoms with van der Waals surface area (Å²) < 4.78 is 52.6. The number of halogens is 3. The van der Waals surface area contributed by atoms with Crippen molar-refractivity contribution >= 4 is 39.1 Å². The van der Waals surface area contributed by atoms with Gasteiger partial charge in [0, 0.05) is 36.6 Å². The van der Waals surface area contributed by atoms with Gasteiger partial charge in [0.05, 0.1) is 11.9 Å². The third-order valence-electron chi connectivity index (χ3n) is 5.46. The molecule has 2 amide bonds. The van der Waals surface area contributed by atoms with E-state index in [1.54, 1.807) is 31.2 Å². The molecular weight excluding hydrogens is 512 g/mol. The number of hydrogen-bond acceptors (Lipinski definition) is 4. The van der Waals surface area contributed by atoms with E-state index >= 15 is 0 Å². The molecule has 2 rings (SSSR count). The van der Waals surface area contributed by atoms with Crippen LogP contribution in [0.3, 0.4) is 0 Å². The first-order chi connectivity index (χ1) is 16.8. The summed E-state index contributed by atoms with van der Waals surface area (Å²) in [5.74, 6) is -2.93. The summed E-state index contributed by atoms with van der Waals surface area (Å²) in [7, 11) is -3.83. The van der Waals surface area contributed by atoms with Crippen LogP contribution in [-0.2, 0) is 26.2 Å². The molecule has 7 nitrogen and oxygen atoms in total. The fourth-order valence-corrected chi connectivity index (χ4v) is 4.91. The van der Waals surface area contributed by atoms with E-state index in [2.05, 4.69) is 5.32 Å². The van der Waals surface area contributed by atoms with Gasteiger partial charge >= 0.3 is 0 Å². The quantitative estimate of drug-likeness (QED) is 0.427. The molecule has 0 aliphatic carbocycles. The molecule has 0 unspecified atom stereocenters. The first kappa shape index (κ1) is 29.5. The Balaban J connectivity index is 2.24. The van der Waals surface area contributed by atoms with Crippen LogP contribution in [0.4, 0.5) is 14.5 Å². The van der Waals surface area contributed by atoms with Crippen LogP contribution in [0.25, 0.3) is 0 Å². The Morgan fingerprint density at radius 3 is 2.31 bits per heavy atom. The second-order valence-corrected chi connectivity index (χ2v) is 11.1. The predicted octanol–water partition coefficient (Wildman–Crippen LogP) is 4.50. The third kappa shape index (κ3) is 8.16. The molecule has 0 aliphatic rings. The highest BCUT2D eigenvalue weighted by molar-refractivity contribution is 7.92. The van der Waals surface area contributed by atoms with Gasteiger partial charge in [0.25, 0.3) is 0 Å². The molecular formula is C25H32ClF2N3O4S. The maximum absolute atomic E-state index is 13.7. The molecule has 1 atom stereocenters. The van der Waals surface area contributed by atoms with E-state index < -0.39 is 27.7 Å².